The lowest BCUT2D eigenvalue weighted by molar-refractivity contribution is -0.145. The predicted octanol–water partition coefficient (Wildman–Crippen LogP) is 3.07. The molecular formula is C19H18FIN2O4. The second-order valence-electron chi connectivity index (χ2n) is 5.38. The topological polar surface area (TPSA) is 77.0 Å². The van der Waals surface area contributed by atoms with E-state index in [1.807, 2.05) is 0 Å². The van der Waals surface area contributed by atoms with Crippen LogP contribution in [0.25, 0.3) is 0 Å². The molecular weight excluding hydrogens is 466 g/mol. The van der Waals surface area contributed by atoms with Gasteiger partial charge in [0.05, 0.1) is 22.8 Å². The molecule has 0 saturated heterocycles. The van der Waals surface area contributed by atoms with Crippen molar-refractivity contribution in [3.8, 4) is 5.75 Å². The van der Waals surface area contributed by atoms with Gasteiger partial charge < -0.3 is 9.47 Å². The highest BCUT2D eigenvalue weighted by Gasteiger charge is 2.07. The second kappa shape index (κ2) is 10.6. The number of benzene rings is 2. The number of hydrazone groups is 1. The molecule has 0 heterocycles. The summed E-state index contributed by atoms with van der Waals surface area (Å²) in [4.78, 5) is 23.1. The fourth-order valence-electron chi connectivity index (χ4n) is 2.06. The maximum absolute atomic E-state index is 12.8. The van der Waals surface area contributed by atoms with Crippen LogP contribution in [0, 0.1) is 9.39 Å². The maximum Gasteiger partial charge on any atom is 0.344 e. The number of nitrogens with zero attached hydrogens (tertiary/aromatic N) is 1. The van der Waals surface area contributed by atoms with Gasteiger partial charge in [-0.1, -0.05) is 12.1 Å². The quantitative estimate of drug-likeness (QED) is 0.271. The van der Waals surface area contributed by atoms with Gasteiger partial charge in [0, 0.05) is 0 Å². The van der Waals surface area contributed by atoms with E-state index in [1.165, 1.54) is 18.3 Å². The average molecular weight is 484 g/mol. The van der Waals surface area contributed by atoms with Gasteiger partial charge >= 0.3 is 5.97 Å². The zero-order chi connectivity index (χ0) is 19.6. The van der Waals surface area contributed by atoms with Gasteiger partial charge in [0.15, 0.2) is 6.61 Å². The van der Waals surface area contributed by atoms with Crippen LogP contribution in [0.4, 0.5) is 4.39 Å². The SMILES string of the molecule is CCOC(=O)COc1ccc(/C=N/NC(=O)Cc2ccc(F)cc2)cc1I. The van der Waals surface area contributed by atoms with E-state index in [0.717, 1.165) is 9.13 Å². The van der Waals surface area contributed by atoms with Gasteiger partial charge in [0.25, 0.3) is 0 Å². The predicted molar refractivity (Wildman–Crippen MR) is 107 cm³/mol. The highest BCUT2D eigenvalue weighted by Crippen LogP contribution is 2.21. The van der Waals surface area contributed by atoms with E-state index in [9.17, 15) is 14.0 Å². The minimum absolute atomic E-state index is 0.107. The van der Waals surface area contributed by atoms with E-state index in [-0.39, 0.29) is 24.8 Å². The van der Waals surface area contributed by atoms with E-state index in [0.29, 0.717) is 17.9 Å². The van der Waals surface area contributed by atoms with Crippen molar-refractivity contribution in [2.24, 2.45) is 5.10 Å². The summed E-state index contributed by atoms with van der Waals surface area (Å²) < 4.78 is 23.8. The maximum atomic E-state index is 12.8. The first-order valence-corrected chi connectivity index (χ1v) is 9.20. The number of carbonyl (C=O) groups is 2. The van der Waals surface area contributed by atoms with Crippen LogP contribution in [-0.4, -0.2) is 31.3 Å². The van der Waals surface area contributed by atoms with Gasteiger partial charge in [-0.2, -0.15) is 5.10 Å². The third kappa shape index (κ3) is 7.33. The first-order valence-electron chi connectivity index (χ1n) is 8.12. The number of halogens is 2. The van der Waals surface area contributed by atoms with Crippen LogP contribution in [-0.2, 0) is 20.7 Å². The Hall–Kier alpha value is -2.49. The number of esters is 1. The minimum atomic E-state index is -0.428. The molecule has 27 heavy (non-hydrogen) atoms. The summed E-state index contributed by atoms with van der Waals surface area (Å²) in [5.41, 5.74) is 3.87. The van der Waals surface area contributed by atoms with Crippen LogP contribution in [0.3, 0.4) is 0 Å². The van der Waals surface area contributed by atoms with Gasteiger partial charge in [-0.15, -0.1) is 0 Å². The van der Waals surface area contributed by atoms with Crippen LogP contribution in [0.2, 0.25) is 0 Å². The molecule has 1 amide bonds. The largest absolute Gasteiger partial charge is 0.481 e. The van der Waals surface area contributed by atoms with Crippen LogP contribution in [0.1, 0.15) is 18.1 Å². The number of ether oxygens (including phenoxy) is 2. The molecule has 142 valence electrons. The van der Waals surface area contributed by atoms with Crippen molar-refractivity contribution in [1.29, 1.82) is 0 Å². The highest BCUT2D eigenvalue weighted by atomic mass is 127. The standard InChI is InChI=1S/C19H18FIN2O4/c1-2-26-19(25)12-27-17-8-5-14(9-16(17)21)11-22-23-18(24)10-13-3-6-15(20)7-4-13/h3-9,11H,2,10,12H2,1H3,(H,23,24)/b22-11+. The summed E-state index contributed by atoms with van der Waals surface area (Å²) in [6.45, 7) is 1.88. The van der Waals surface area contributed by atoms with Crippen LogP contribution >= 0.6 is 22.6 Å². The summed E-state index contributed by atoms with van der Waals surface area (Å²) >= 11 is 2.08. The normalized spacial score (nSPS) is 10.6. The molecule has 0 aliphatic heterocycles. The molecule has 6 nitrogen and oxygen atoms in total. The summed E-state index contributed by atoms with van der Waals surface area (Å²) in [7, 11) is 0. The molecule has 0 aliphatic carbocycles. The van der Waals surface area contributed by atoms with Gasteiger partial charge in [-0.3, -0.25) is 4.79 Å². The molecule has 0 radical (unpaired) electrons. The smallest absolute Gasteiger partial charge is 0.344 e. The molecule has 0 saturated carbocycles. The summed E-state index contributed by atoms with van der Waals surface area (Å²) in [5.74, 6) is -0.521. The van der Waals surface area contributed by atoms with Crippen LogP contribution in [0.15, 0.2) is 47.6 Å². The lowest BCUT2D eigenvalue weighted by atomic mass is 10.1. The molecule has 0 fully saturated rings. The molecule has 1 N–H and O–H groups in total. The molecule has 0 bridgehead atoms. The minimum Gasteiger partial charge on any atom is -0.481 e. The molecule has 2 aromatic carbocycles. The number of nitrogens with one attached hydrogen (secondary N) is 1. The Balaban J connectivity index is 1.85. The molecule has 0 aromatic heterocycles. The Kier molecular flexibility index (Phi) is 8.18. The van der Waals surface area contributed by atoms with Gasteiger partial charge in [-0.05, 0) is 71.0 Å². The Morgan fingerprint density at radius 1 is 1.22 bits per heavy atom. The van der Waals surface area contributed by atoms with Gasteiger partial charge in [-0.25, -0.2) is 14.6 Å². The number of carbonyl (C=O) groups excluding carboxylic acids is 2. The molecule has 2 aromatic rings. The molecule has 0 aliphatic rings. The summed E-state index contributed by atoms with van der Waals surface area (Å²) in [6.07, 6.45) is 1.61. The molecule has 0 unspecified atom stereocenters. The van der Waals surface area contributed by atoms with Crippen molar-refractivity contribution >= 4 is 40.7 Å². The molecule has 0 atom stereocenters. The zero-order valence-corrected chi connectivity index (χ0v) is 16.7. The van der Waals surface area contributed by atoms with Crippen molar-refractivity contribution in [1.82, 2.24) is 5.43 Å². The van der Waals surface area contributed by atoms with Gasteiger partial charge in [0.2, 0.25) is 5.91 Å². The molecule has 0 spiro atoms. The number of hydrogen-bond acceptors (Lipinski definition) is 5. The fraction of sp³-hybridized carbons (Fsp3) is 0.211. The summed E-state index contributed by atoms with van der Waals surface area (Å²) in [5, 5.41) is 3.91. The first kappa shape index (κ1) is 20.8. The van der Waals surface area contributed by atoms with E-state index in [1.54, 1.807) is 37.3 Å². The first-order chi connectivity index (χ1) is 13.0. The number of amides is 1. The zero-order valence-electron chi connectivity index (χ0n) is 14.6. The Bertz CT molecular complexity index is 825. The Morgan fingerprint density at radius 3 is 2.63 bits per heavy atom. The summed E-state index contributed by atoms with van der Waals surface area (Å²) in [6, 6.07) is 11.0. The lowest BCUT2D eigenvalue weighted by Gasteiger charge is -2.08. The van der Waals surface area contributed by atoms with Crippen LogP contribution in [0.5, 0.6) is 5.75 Å². The Morgan fingerprint density at radius 2 is 1.96 bits per heavy atom. The monoisotopic (exact) mass is 484 g/mol. The van der Waals surface area contributed by atoms with E-state index in [2.05, 4.69) is 33.1 Å². The highest BCUT2D eigenvalue weighted by molar-refractivity contribution is 14.1. The fourth-order valence-corrected chi connectivity index (χ4v) is 2.75. The lowest BCUT2D eigenvalue weighted by Crippen LogP contribution is -2.19. The number of rotatable bonds is 8. The molecule has 2 rings (SSSR count). The van der Waals surface area contributed by atoms with E-state index >= 15 is 0 Å². The van der Waals surface area contributed by atoms with Gasteiger partial charge in [0.1, 0.15) is 11.6 Å². The number of hydrogen-bond donors (Lipinski definition) is 1. The van der Waals surface area contributed by atoms with Crippen molar-refractivity contribution in [3.63, 3.8) is 0 Å². The molecule has 8 heteroatoms. The van der Waals surface area contributed by atoms with Crippen molar-refractivity contribution < 1.29 is 23.5 Å². The van der Waals surface area contributed by atoms with Crippen LogP contribution < -0.4 is 10.2 Å². The van der Waals surface area contributed by atoms with E-state index in [4.69, 9.17) is 9.47 Å². The third-order valence-electron chi connectivity index (χ3n) is 3.29. The van der Waals surface area contributed by atoms with Crippen molar-refractivity contribution in [2.75, 3.05) is 13.2 Å². The average Bonchev–Trinajstić information content (AvgIpc) is 2.63. The van der Waals surface area contributed by atoms with Crippen molar-refractivity contribution in [3.05, 3.63) is 63.0 Å². The third-order valence-corrected chi connectivity index (χ3v) is 4.13. The van der Waals surface area contributed by atoms with Crippen molar-refractivity contribution in [2.45, 2.75) is 13.3 Å². The van der Waals surface area contributed by atoms with E-state index < -0.39 is 5.97 Å². The second-order valence-corrected chi connectivity index (χ2v) is 6.54. The Labute approximate surface area is 169 Å².